The van der Waals surface area contributed by atoms with Crippen LogP contribution in [0.4, 0.5) is 10.1 Å². The summed E-state index contributed by atoms with van der Waals surface area (Å²) in [5.74, 6) is -2.51. The third kappa shape index (κ3) is 2.84. The lowest BCUT2D eigenvalue weighted by molar-refractivity contribution is 0.0697. The molecule has 6 nitrogen and oxygen atoms in total. The molecule has 0 unspecified atom stereocenters. The van der Waals surface area contributed by atoms with E-state index in [0.717, 1.165) is 12.1 Å². The molecule has 0 aromatic heterocycles. The van der Waals surface area contributed by atoms with Gasteiger partial charge in [-0.3, -0.25) is 0 Å². The molecule has 1 rings (SSSR count). The van der Waals surface area contributed by atoms with Crippen LogP contribution in [0.3, 0.4) is 0 Å². The van der Waals surface area contributed by atoms with Gasteiger partial charge in [-0.1, -0.05) is 11.6 Å². The molecule has 20 heavy (non-hydrogen) atoms. The van der Waals surface area contributed by atoms with Crippen LogP contribution in [0, 0.1) is 39.8 Å². The van der Waals surface area contributed by atoms with Crippen LogP contribution in [-0.2, 0) is 0 Å². The summed E-state index contributed by atoms with van der Waals surface area (Å²) in [5, 5.41) is 37.0. The maximum atomic E-state index is 13.7. The van der Waals surface area contributed by atoms with Gasteiger partial charge in [-0.15, -0.1) is 0 Å². The first-order valence-corrected chi connectivity index (χ1v) is 5.27. The van der Waals surface area contributed by atoms with Crippen LogP contribution in [0.25, 0.3) is 0 Å². The van der Waals surface area contributed by atoms with E-state index in [2.05, 4.69) is 5.32 Å². The summed E-state index contributed by atoms with van der Waals surface area (Å²) in [5.41, 5.74) is -2.37. The lowest BCUT2D eigenvalue weighted by Gasteiger charge is -2.10. The minimum atomic E-state index is -1.52. The molecule has 0 saturated carbocycles. The molecule has 0 atom stereocenters. The van der Waals surface area contributed by atoms with Gasteiger partial charge in [0, 0.05) is 0 Å². The number of benzene rings is 1. The highest BCUT2D eigenvalue weighted by Gasteiger charge is 2.20. The second-order valence-electron chi connectivity index (χ2n) is 3.29. The van der Waals surface area contributed by atoms with E-state index in [9.17, 15) is 9.18 Å². The first-order valence-electron chi connectivity index (χ1n) is 4.89. The highest BCUT2D eigenvalue weighted by Crippen LogP contribution is 2.28. The summed E-state index contributed by atoms with van der Waals surface area (Å²) < 4.78 is 13.7. The Morgan fingerprint density at radius 3 is 2.30 bits per heavy atom. The van der Waals surface area contributed by atoms with Crippen molar-refractivity contribution < 1.29 is 14.3 Å². The van der Waals surface area contributed by atoms with E-state index in [1.54, 1.807) is 0 Å². The summed E-state index contributed by atoms with van der Waals surface area (Å²) in [4.78, 5) is 11.1. The molecule has 0 amide bonds. The molecule has 2 N–H and O–H groups in total. The minimum Gasteiger partial charge on any atom is -0.478 e. The highest BCUT2D eigenvalue weighted by molar-refractivity contribution is 6.34. The van der Waals surface area contributed by atoms with Crippen molar-refractivity contribution in [2.75, 3.05) is 5.32 Å². The van der Waals surface area contributed by atoms with Crippen molar-refractivity contribution >= 4 is 23.3 Å². The van der Waals surface area contributed by atoms with Crippen molar-refractivity contribution in [1.29, 1.82) is 15.8 Å². The zero-order valence-electron chi connectivity index (χ0n) is 9.61. The summed E-state index contributed by atoms with van der Waals surface area (Å²) in [6, 6.07) is 6.29. The topological polar surface area (TPSA) is 121 Å². The molecule has 0 spiro atoms. The van der Waals surface area contributed by atoms with Gasteiger partial charge in [0.15, 0.2) is 5.57 Å². The second kappa shape index (κ2) is 6.19. The Kier molecular flexibility index (Phi) is 4.64. The monoisotopic (exact) mass is 290 g/mol. The molecule has 0 fully saturated rings. The number of anilines is 1. The lowest BCUT2D eigenvalue weighted by Crippen LogP contribution is -2.09. The number of nitriles is 3. The SMILES string of the molecule is N#CC(C#N)=C(C#N)Nc1c(F)ccc(Cl)c1C(=O)O. The average molecular weight is 291 g/mol. The smallest absolute Gasteiger partial charge is 0.339 e. The quantitative estimate of drug-likeness (QED) is 0.825. The number of nitrogens with one attached hydrogen (secondary N) is 1. The van der Waals surface area contributed by atoms with Crippen LogP contribution in [0.15, 0.2) is 23.4 Å². The van der Waals surface area contributed by atoms with E-state index >= 15 is 0 Å². The molecule has 1 aromatic carbocycles. The molecule has 0 aliphatic carbocycles. The van der Waals surface area contributed by atoms with Gasteiger partial charge >= 0.3 is 5.97 Å². The van der Waals surface area contributed by atoms with E-state index < -0.39 is 34.3 Å². The van der Waals surface area contributed by atoms with Crippen molar-refractivity contribution in [3.05, 3.63) is 39.8 Å². The molecule has 0 aliphatic heterocycles. The Balaban J connectivity index is 3.52. The molecule has 0 heterocycles. The Bertz CT molecular complexity index is 722. The fourth-order valence-corrected chi connectivity index (χ4v) is 1.53. The van der Waals surface area contributed by atoms with E-state index in [1.165, 1.54) is 18.2 Å². The van der Waals surface area contributed by atoms with Crippen LogP contribution in [0.1, 0.15) is 10.4 Å². The van der Waals surface area contributed by atoms with Crippen molar-refractivity contribution in [3.8, 4) is 18.2 Å². The van der Waals surface area contributed by atoms with Gasteiger partial charge in [-0.25, -0.2) is 9.18 Å². The molecular formula is C12H4ClFN4O2. The van der Waals surface area contributed by atoms with Crippen LogP contribution in [-0.4, -0.2) is 11.1 Å². The number of carboxylic acids is 1. The number of carboxylic acid groups (broad SMARTS) is 1. The Labute approximate surface area is 117 Å². The number of hydrogen-bond acceptors (Lipinski definition) is 5. The van der Waals surface area contributed by atoms with Gasteiger partial charge in [0.25, 0.3) is 0 Å². The normalized spacial score (nSPS) is 8.75. The largest absolute Gasteiger partial charge is 0.478 e. The van der Waals surface area contributed by atoms with Gasteiger partial charge in [0.2, 0.25) is 0 Å². The van der Waals surface area contributed by atoms with E-state index in [4.69, 9.17) is 32.5 Å². The van der Waals surface area contributed by atoms with E-state index in [0.29, 0.717) is 0 Å². The lowest BCUT2D eigenvalue weighted by atomic mass is 10.1. The van der Waals surface area contributed by atoms with Crippen molar-refractivity contribution in [3.63, 3.8) is 0 Å². The number of carbonyl (C=O) groups is 1. The molecule has 0 saturated heterocycles. The molecule has 8 heteroatoms. The number of rotatable bonds is 3. The second-order valence-corrected chi connectivity index (χ2v) is 3.70. The summed E-state index contributed by atoms with van der Waals surface area (Å²) >= 11 is 5.65. The Hall–Kier alpha value is -3.08. The maximum Gasteiger partial charge on any atom is 0.339 e. The van der Waals surface area contributed by atoms with Crippen LogP contribution in [0.2, 0.25) is 5.02 Å². The van der Waals surface area contributed by atoms with E-state index in [-0.39, 0.29) is 5.02 Å². The minimum absolute atomic E-state index is 0.255. The summed E-state index contributed by atoms with van der Waals surface area (Å²) in [6.45, 7) is 0. The van der Waals surface area contributed by atoms with Crippen molar-refractivity contribution in [1.82, 2.24) is 0 Å². The standard InChI is InChI=1S/C12H4ClFN4O2/c13-7-1-2-8(14)11(10(7)12(19)20)18-9(5-17)6(3-15)4-16/h1-2,18H,(H,19,20). The zero-order valence-corrected chi connectivity index (χ0v) is 10.4. The van der Waals surface area contributed by atoms with Gasteiger partial charge in [-0.05, 0) is 12.1 Å². The number of nitrogens with zero attached hydrogens (tertiary/aromatic N) is 3. The predicted octanol–water partition coefficient (Wildman–Crippen LogP) is 2.41. The average Bonchev–Trinajstić information content (AvgIpc) is 2.42. The number of halogens is 2. The third-order valence-electron chi connectivity index (χ3n) is 2.15. The maximum absolute atomic E-state index is 13.7. The van der Waals surface area contributed by atoms with Gasteiger partial charge in [0.1, 0.15) is 35.3 Å². The summed E-state index contributed by atoms with van der Waals surface area (Å²) in [7, 11) is 0. The number of aromatic carboxylic acids is 1. The predicted molar refractivity (Wildman–Crippen MR) is 65.9 cm³/mol. The third-order valence-corrected chi connectivity index (χ3v) is 2.47. The first-order chi connectivity index (χ1) is 9.46. The number of hydrogen-bond donors (Lipinski definition) is 2. The Morgan fingerprint density at radius 1 is 1.25 bits per heavy atom. The number of allylic oxidation sites excluding steroid dienone is 2. The Morgan fingerprint density at radius 2 is 1.85 bits per heavy atom. The molecule has 0 bridgehead atoms. The molecule has 0 aliphatic rings. The highest BCUT2D eigenvalue weighted by atomic mass is 35.5. The summed E-state index contributed by atoms with van der Waals surface area (Å²) in [6.07, 6.45) is 0. The van der Waals surface area contributed by atoms with Gasteiger partial charge < -0.3 is 10.4 Å². The molecular weight excluding hydrogens is 287 g/mol. The van der Waals surface area contributed by atoms with Gasteiger partial charge in [-0.2, -0.15) is 15.8 Å². The zero-order chi connectivity index (χ0) is 15.3. The fraction of sp³-hybridized carbons (Fsp3) is 0. The van der Waals surface area contributed by atoms with E-state index in [1.807, 2.05) is 0 Å². The van der Waals surface area contributed by atoms with Crippen LogP contribution < -0.4 is 5.32 Å². The van der Waals surface area contributed by atoms with Crippen LogP contribution in [0.5, 0.6) is 0 Å². The van der Waals surface area contributed by atoms with Crippen LogP contribution >= 0.6 is 11.6 Å². The molecule has 1 aromatic rings. The fourth-order valence-electron chi connectivity index (χ4n) is 1.29. The van der Waals surface area contributed by atoms with Crippen molar-refractivity contribution in [2.45, 2.75) is 0 Å². The van der Waals surface area contributed by atoms with Gasteiger partial charge in [0.05, 0.1) is 10.7 Å². The van der Waals surface area contributed by atoms with Crippen molar-refractivity contribution in [2.24, 2.45) is 0 Å². The first kappa shape index (κ1) is 15.0. The molecule has 0 radical (unpaired) electrons. The molecule has 98 valence electrons.